The first-order chi connectivity index (χ1) is 10.1. The maximum atomic E-state index is 11.9. The third-order valence-corrected chi connectivity index (χ3v) is 2.79. The van der Waals surface area contributed by atoms with Gasteiger partial charge in [0.15, 0.2) is 11.6 Å². The van der Waals surface area contributed by atoms with E-state index in [-0.39, 0.29) is 17.0 Å². The molecule has 0 saturated heterocycles. The summed E-state index contributed by atoms with van der Waals surface area (Å²) < 4.78 is 0. The van der Waals surface area contributed by atoms with Crippen LogP contribution in [-0.2, 0) is 0 Å². The Kier molecular flexibility index (Phi) is 4.36. The maximum absolute atomic E-state index is 11.9. The van der Waals surface area contributed by atoms with E-state index < -0.39 is 10.7 Å². The van der Waals surface area contributed by atoms with Crippen molar-refractivity contribution in [1.29, 1.82) is 0 Å². The molecule has 0 aliphatic carbocycles. The molecule has 0 atom stereocenters. The van der Waals surface area contributed by atoms with Gasteiger partial charge in [-0.25, -0.2) is 0 Å². The first kappa shape index (κ1) is 14.3. The van der Waals surface area contributed by atoms with Gasteiger partial charge in [0.05, 0.1) is 4.92 Å². The SMILES string of the molecule is O=C(C=CC(=O)c1cccc([N+](=O)[O-])c1)c1ccccc1. The number of nitrogens with zero attached hydrogens (tertiary/aromatic N) is 1. The minimum Gasteiger partial charge on any atom is -0.289 e. The molecule has 0 heterocycles. The number of ketones is 2. The van der Waals surface area contributed by atoms with Crippen molar-refractivity contribution in [2.24, 2.45) is 0 Å². The van der Waals surface area contributed by atoms with Gasteiger partial charge >= 0.3 is 0 Å². The summed E-state index contributed by atoms with van der Waals surface area (Å²) in [6, 6.07) is 13.9. The van der Waals surface area contributed by atoms with Crippen LogP contribution in [0.5, 0.6) is 0 Å². The van der Waals surface area contributed by atoms with Gasteiger partial charge in [0.2, 0.25) is 0 Å². The number of benzene rings is 2. The van der Waals surface area contributed by atoms with Crippen molar-refractivity contribution in [3.8, 4) is 0 Å². The zero-order valence-electron chi connectivity index (χ0n) is 10.9. The third kappa shape index (κ3) is 3.70. The second-order valence-corrected chi connectivity index (χ2v) is 4.24. The van der Waals surface area contributed by atoms with Crippen LogP contribution in [0.2, 0.25) is 0 Å². The third-order valence-electron chi connectivity index (χ3n) is 2.79. The molecule has 5 heteroatoms. The van der Waals surface area contributed by atoms with Crippen molar-refractivity contribution in [1.82, 2.24) is 0 Å². The van der Waals surface area contributed by atoms with Crippen LogP contribution in [0.3, 0.4) is 0 Å². The number of non-ortho nitro benzene ring substituents is 1. The second kappa shape index (κ2) is 6.38. The van der Waals surface area contributed by atoms with Crippen LogP contribution in [0, 0.1) is 10.1 Å². The van der Waals surface area contributed by atoms with Gasteiger partial charge in [-0.1, -0.05) is 42.5 Å². The molecule has 5 nitrogen and oxygen atoms in total. The summed E-state index contributed by atoms with van der Waals surface area (Å²) in [6.45, 7) is 0. The summed E-state index contributed by atoms with van der Waals surface area (Å²) in [5.74, 6) is -0.752. The Morgan fingerprint density at radius 3 is 2.05 bits per heavy atom. The van der Waals surface area contributed by atoms with Crippen LogP contribution in [-0.4, -0.2) is 16.5 Å². The standard InChI is InChI=1S/C16H11NO4/c18-15(12-5-2-1-3-6-12)9-10-16(19)13-7-4-8-14(11-13)17(20)21/h1-11H. The molecular formula is C16H11NO4. The van der Waals surface area contributed by atoms with Crippen LogP contribution in [0.25, 0.3) is 0 Å². The monoisotopic (exact) mass is 281 g/mol. The normalized spacial score (nSPS) is 10.5. The van der Waals surface area contributed by atoms with E-state index in [1.165, 1.54) is 24.3 Å². The van der Waals surface area contributed by atoms with Crippen LogP contribution < -0.4 is 0 Å². The van der Waals surface area contributed by atoms with Crippen LogP contribution >= 0.6 is 0 Å². The van der Waals surface area contributed by atoms with E-state index >= 15 is 0 Å². The molecule has 0 fully saturated rings. The molecule has 0 amide bonds. The molecule has 0 radical (unpaired) electrons. The Balaban J connectivity index is 2.14. The van der Waals surface area contributed by atoms with Crippen molar-refractivity contribution >= 4 is 17.3 Å². The molecule has 0 aliphatic heterocycles. The Morgan fingerprint density at radius 1 is 0.857 bits per heavy atom. The van der Waals surface area contributed by atoms with Gasteiger partial charge < -0.3 is 0 Å². The van der Waals surface area contributed by atoms with Crippen molar-refractivity contribution in [2.75, 3.05) is 0 Å². The van der Waals surface area contributed by atoms with E-state index in [0.29, 0.717) is 5.56 Å². The van der Waals surface area contributed by atoms with E-state index in [1.54, 1.807) is 30.3 Å². The number of carbonyl (C=O) groups is 2. The summed E-state index contributed by atoms with van der Waals surface area (Å²) >= 11 is 0. The fourth-order valence-electron chi connectivity index (χ4n) is 1.72. The van der Waals surface area contributed by atoms with Crippen molar-refractivity contribution in [3.63, 3.8) is 0 Å². The molecule has 0 unspecified atom stereocenters. The lowest BCUT2D eigenvalue weighted by Crippen LogP contribution is -1.99. The number of nitro groups is 1. The zero-order chi connectivity index (χ0) is 15.2. The fourth-order valence-corrected chi connectivity index (χ4v) is 1.72. The van der Waals surface area contributed by atoms with Crippen molar-refractivity contribution in [2.45, 2.75) is 0 Å². The van der Waals surface area contributed by atoms with Gasteiger partial charge in [-0.3, -0.25) is 19.7 Å². The molecule has 0 aliphatic rings. The Morgan fingerprint density at radius 2 is 1.43 bits per heavy atom. The largest absolute Gasteiger partial charge is 0.289 e. The highest BCUT2D eigenvalue weighted by atomic mass is 16.6. The lowest BCUT2D eigenvalue weighted by atomic mass is 10.1. The molecule has 2 aromatic rings. The van der Waals surface area contributed by atoms with E-state index in [0.717, 1.165) is 12.2 Å². The first-order valence-corrected chi connectivity index (χ1v) is 6.14. The highest BCUT2D eigenvalue weighted by molar-refractivity contribution is 6.12. The highest BCUT2D eigenvalue weighted by Gasteiger charge is 2.10. The average molecular weight is 281 g/mol. The molecule has 0 saturated carbocycles. The molecule has 2 aromatic carbocycles. The topological polar surface area (TPSA) is 77.3 Å². The minimum absolute atomic E-state index is 0.163. The van der Waals surface area contributed by atoms with E-state index in [2.05, 4.69) is 0 Å². The predicted octanol–water partition coefficient (Wildman–Crippen LogP) is 3.22. The quantitative estimate of drug-likeness (QED) is 0.365. The summed E-state index contributed by atoms with van der Waals surface area (Å²) in [7, 11) is 0. The molecule has 2 rings (SSSR count). The molecule has 0 aromatic heterocycles. The molecular weight excluding hydrogens is 270 g/mol. The van der Waals surface area contributed by atoms with Crippen LogP contribution in [0.1, 0.15) is 20.7 Å². The Labute approximate surface area is 120 Å². The Bertz CT molecular complexity index is 720. The number of nitro benzene ring substituents is 1. The fraction of sp³-hybridized carbons (Fsp3) is 0. The molecule has 104 valence electrons. The van der Waals surface area contributed by atoms with E-state index in [1.807, 2.05) is 0 Å². The van der Waals surface area contributed by atoms with Gasteiger partial charge in [-0.15, -0.1) is 0 Å². The lowest BCUT2D eigenvalue weighted by Gasteiger charge is -1.97. The van der Waals surface area contributed by atoms with Gasteiger partial charge in [0.1, 0.15) is 0 Å². The zero-order valence-corrected chi connectivity index (χ0v) is 10.9. The predicted molar refractivity (Wildman–Crippen MR) is 77.3 cm³/mol. The number of hydrogen-bond donors (Lipinski definition) is 0. The van der Waals surface area contributed by atoms with Gasteiger partial charge in [-0.2, -0.15) is 0 Å². The van der Waals surface area contributed by atoms with Crippen LogP contribution in [0.15, 0.2) is 66.7 Å². The van der Waals surface area contributed by atoms with E-state index in [4.69, 9.17) is 0 Å². The maximum Gasteiger partial charge on any atom is 0.270 e. The summed E-state index contributed by atoms with van der Waals surface area (Å²) in [6.07, 6.45) is 2.28. The summed E-state index contributed by atoms with van der Waals surface area (Å²) in [5.41, 5.74) is 0.477. The number of carbonyl (C=O) groups excluding carboxylic acids is 2. The smallest absolute Gasteiger partial charge is 0.270 e. The Hall–Kier alpha value is -3.08. The number of allylic oxidation sites excluding steroid dienone is 2. The average Bonchev–Trinajstić information content (AvgIpc) is 2.53. The van der Waals surface area contributed by atoms with Crippen molar-refractivity contribution in [3.05, 3.63) is 88.0 Å². The number of rotatable bonds is 5. The van der Waals surface area contributed by atoms with Gasteiger partial charge in [-0.05, 0) is 12.2 Å². The number of hydrogen-bond acceptors (Lipinski definition) is 4. The first-order valence-electron chi connectivity index (χ1n) is 6.14. The minimum atomic E-state index is -0.574. The van der Waals surface area contributed by atoms with Gasteiger partial charge in [0.25, 0.3) is 5.69 Å². The molecule has 0 bridgehead atoms. The summed E-state index contributed by atoms with van der Waals surface area (Å²) in [5, 5.41) is 10.6. The van der Waals surface area contributed by atoms with E-state index in [9.17, 15) is 19.7 Å². The van der Waals surface area contributed by atoms with Crippen LogP contribution in [0.4, 0.5) is 5.69 Å². The molecule has 0 N–H and O–H groups in total. The second-order valence-electron chi connectivity index (χ2n) is 4.24. The summed E-state index contributed by atoms with van der Waals surface area (Å²) in [4.78, 5) is 33.8. The highest BCUT2D eigenvalue weighted by Crippen LogP contribution is 2.14. The molecule has 0 spiro atoms. The van der Waals surface area contributed by atoms with Gasteiger partial charge in [0, 0.05) is 23.3 Å². The lowest BCUT2D eigenvalue weighted by molar-refractivity contribution is -0.384. The molecule has 21 heavy (non-hydrogen) atoms. The van der Waals surface area contributed by atoms with Crippen molar-refractivity contribution < 1.29 is 14.5 Å².